The summed E-state index contributed by atoms with van der Waals surface area (Å²) in [5.41, 5.74) is 0.921. The first-order valence-corrected chi connectivity index (χ1v) is 8.10. The molecule has 8 heteroatoms. The number of hydrogen-bond acceptors (Lipinski definition) is 5. The van der Waals surface area contributed by atoms with Gasteiger partial charge in [0, 0.05) is 22.1 Å². The summed E-state index contributed by atoms with van der Waals surface area (Å²) >= 11 is 0. The van der Waals surface area contributed by atoms with E-state index in [9.17, 15) is 13.2 Å². The van der Waals surface area contributed by atoms with Crippen LogP contribution in [0.4, 0.5) is 5.69 Å². The highest BCUT2D eigenvalue weighted by Crippen LogP contribution is 2.23. The summed E-state index contributed by atoms with van der Waals surface area (Å²) < 4.78 is 33.7. The second-order valence-corrected chi connectivity index (χ2v) is 6.41. The van der Waals surface area contributed by atoms with Crippen LogP contribution in [0.1, 0.15) is 15.9 Å². The number of ether oxygens (including phenoxy) is 1. The highest BCUT2D eigenvalue weighted by Gasteiger charge is 2.20. The Hall–Kier alpha value is -1.61. The summed E-state index contributed by atoms with van der Waals surface area (Å²) in [5, 5.41) is 0. The topological polar surface area (TPSA) is 72.9 Å². The molecule has 1 rings (SSSR count). The van der Waals surface area contributed by atoms with Crippen LogP contribution in [0.25, 0.3) is 0 Å². The minimum atomic E-state index is -3.49. The number of hydrogen-bond donors (Lipinski definition) is 0. The van der Waals surface area contributed by atoms with Crippen molar-refractivity contribution >= 4 is 31.1 Å². The number of carbonyl (C=O) groups is 1. The lowest BCUT2D eigenvalue weighted by molar-refractivity contribution is 0.0601. The first kappa shape index (κ1) is 17.4. The van der Waals surface area contributed by atoms with Crippen molar-refractivity contribution in [1.29, 1.82) is 0 Å². The Kier molecular flexibility index (Phi) is 6.16. The Labute approximate surface area is 126 Å². The Morgan fingerprint density at radius 2 is 2.10 bits per heavy atom. The third-order valence-electron chi connectivity index (χ3n) is 2.63. The van der Waals surface area contributed by atoms with Gasteiger partial charge >= 0.3 is 5.97 Å². The van der Waals surface area contributed by atoms with Crippen LogP contribution in [-0.2, 0) is 19.3 Å². The molecule has 1 aromatic carbocycles. The maximum atomic E-state index is 11.8. The smallest absolute Gasteiger partial charge is 0.340 e. The van der Waals surface area contributed by atoms with Gasteiger partial charge in [-0.05, 0) is 18.2 Å². The summed E-state index contributed by atoms with van der Waals surface area (Å²) in [5.74, 6) is 4.91. The van der Waals surface area contributed by atoms with E-state index in [1.807, 2.05) is 0 Å². The zero-order valence-electron chi connectivity index (χ0n) is 11.9. The number of sulfonamides is 1. The Balaban J connectivity index is 3.34. The van der Waals surface area contributed by atoms with Crippen LogP contribution in [0.15, 0.2) is 18.2 Å². The Morgan fingerprint density at radius 1 is 1.43 bits per heavy atom. The molecule has 0 saturated carbocycles. The van der Waals surface area contributed by atoms with Crippen LogP contribution in [0.3, 0.4) is 0 Å². The minimum absolute atomic E-state index is 0.129. The van der Waals surface area contributed by atoms with Crippen LogP contribution >= 0.6 is 9.47 Å². The van der Waals surface area contributed by atoms with Crippen molar-refractivity contribution < 1.29 is 22.5 Å². The van der Waals surface area contributed by atoms with Crippen LogP contribution < -0.4 is 4.31 Å². The molecule has 0 saturated heterocycles. The highest BCUT2D eigenvalue weighted by molar-refractivity contribution is 7.92. The van der Waals surface area contributed by atoms with E-state index in [1.165, 1.54) is 26.3 Å². The molecule has 1 unspecified atom stereocenters. The first-order valence-electron chi connectivity index (χ1n) is 5.78. The third kappa shape index (κ3) is 4.71. The predicted octanol–water partition coefficient (Wildman–Crippen LogP) is 1.03. The van der Waals surface area contributed by atoms with Crippen molar-refractivity contribution in [1.82, 2.24) is 0 Å². The van der Waals surface area contributed by atoms with Gasteiger partial charge in [-0.25, -0.2) is 13.2 Å². The van der Waals surface area contributed by atoms with E-state index in [1.54, 1.807) is 6.07 Å². The molecule has 0 aromatic heterocycles. The Bertz CT molecular complexity index is 690. The average Bonchev–Trinajstić information content (AvgIpc) is 2.45. The fraction of sp³-hybridized carbons (Fsp3) is 0.308. The van der Waals surface area contributed by atoms with E-state index in [-0.39, 0.29) is 17.9 Å². The van der Waals surface area contributed by atoms with E-state index in [4.69, 9.17) is 4.52 Å². The number of rotatable bonds is 4. The fourth-order valence-electron chi connectivity index (χ4n) is 1.52. The number of carbonyl (C=O) groups excluding carboxylic acids is 1. The molecule has 21 heavy (non-hydrogen) atoms. The van der Waals surface area contributed by atoms with Gasteiger partial charge in [-0.3, -0.25) is 4.31 Å². The molecule has 0 heterocycles. The monoisotopic (exact) mass is 329 g/mol. The molecule has 0 fully saturated rings. The van der Waals surface area contributed by atoms with Crippen LogP contribution in [0.5, 0.6) is 0 Å². The van der Waals surface area contributed by atoms with E-state index >= 15 is 0 Å². The Morgan fingerprint density at radius 3 is 2.62 bits per heavy atom. The highest BCUT2D eigenvalue weighted by atomic mass is 32.2. The van der Waals surface area contributed by atoms with E-state index < -0.39 is 16.0 Å². The second kappa shape index (κ2) is 7.41. The fourth-order valence-corrected chi connectivity index (χ4v) is 2.12. The molecule has 0 aliphatic heterocycles. The van der Waals surface area contributed by atoms with Gasteiger partial charge in [-0.15, -0.1) is 0 Å². The third-order valence-corrected chi connectivity index (χ3v) is 3.99. The zero-order chi connectivity index (χ0) is 16.0. The summed E-state index contributed by atoms with van der Waals surface area (Å²) in [7, 11) is 1.19. The number of anilines is 1. The number of methoxy groups -OCH3 is 1. The summed E-state index contributed by atoms with van der Waals surface area (Å²) in [6.07, 6.45) is 1.05. The van der Waals surface area contributed by atoms with Crippen molar-refractivity contribution in [2.45, 2.75) is 0 Å². The number of esters is 1. The lowest BCUT2D eigenvalue weighted by atomic mass is 10.1. The maximum absolute atomic E-state index is 11.8. The van der Waals surface area contributed by atoms with Gasteiger partial charge in [-0.2, -0.15) is 0 Å². The predicted molar refractivity (Wildman–Crippen MR) is 83.6 cm³/mol. The molecule has 1 aromatic rings. The maximum Gasteiger partial charge on any atom is 0.340 e. The molecule has 114 valence electrons. The standard InChI is InChI=1S/C13H16NO5PS/c1-14(21(3,16)17)12-7-6-10(5-4-8-19-20)9-11(12)13(15)18-2/h6-7,9H,8,20H2,1-3H3. The first-order chi connectivity index (χ1) is 9.81. The van der Waals surface area contributed by atoms with Gasteiger partial charge in [0.2, 0.25) is 10.0 Å². The lowest BCUT2D eigenvalue weighted by Gasteiger charge is -2.19. The average molecular weight is 329 g/mol. The van der Waals surface area contributed by atoms with Crippen molar-refractivity contribution in [2.75, 3.05) is 31.3 Å². The molecule has 0 aliphatic carbocycles. The summed E-state index contributed by atoms with van der Waals surface area (Å²) in [6.45, 7) is 0.225. The van der Waals surface area contributed by atoms with E-state index in [0.29, 0.717) is 5.56 Å². The number of benzene rings is 1. The van der Waals surface area contributed by atoms with E-state index in [2.05, 4.69) is 26.0 Å². The normalized spacial score (nSPS) is 10.5. The zero-order valence-corrected chi connectivity index (χ0v) is 13.9. The van der Waals surface area contributed by atoms with Gasteiger partial charge in [0.1, 0.15) is 6.61 Å². The molecule has 0 amide bonds. The quantitative estimate of drug-likeness (QED) is 0.469. The SMILES string of the molecule is COC(=O)c1cc(C#CCOP)ccc1N(C)S(C)(=O)=O. The van der Waals surface area contributed by atoms with Gasteiger partial charge in [0.15, 0.2) is 0 Å². The largest absolute Gasteiger partial charge is 0.465 e. The molecule has 0 N–H and O–H groups in total. The van der Waals surface area contributed by atoms with Gasteiger partial charge in [0.05, 0.1) is 24.6 Å². The summed E-state index contributed by atoms with van der Waals surface area (Å²) in [6, 6.07) is 4.62. The second-order valence-electron chi connectivity index (χ2n) is 4.07. The lowest BCUT2D eigenvalue weighted by Crippen LogP contribution is -2.27. The van der Waals surface area contributed by atoms with Gasteiger partial charge < -0.3 is 9.26 Å². The van der Waals surface area contributed by atoms with Gasteiger partial charge in [-0.1, -0.05) is 11.8 Å². The van der Waals surface area contributed by atoms with Crippen molar-refractivity contribution in [3.05, 3.63) is 29.3 Å². The van der Waals surface area contributed by atoms with Crippen LogP contribution in [0, 0.1) is 11.8 Å². The molecule has 0 spiro atoms. The minimum Gasteiger partial charge on any atom is -0.465 e. The summed E-state index contributed by atoms with van der Waals surface area (Å²) in [4.78, 5) is 11.8. The van der Waals surface area contributed by atoms with Gasteiger partial charge in [0.25, 0.3) is 0 Å². The molecule has 0 radical (unpaired) electrons. The van der Waals surface area contributed by atoms with Crippen LogP contribution in [-0.4, -0.2) is 41.4 Å². The number of nitrogens with zero attached hydrogens (tertiary/aromatic N) is 1. The molecule has 0 aliphatic rings. The molecule has 6 nitrogen and oxygen atoms in total. The molecule has 1 atom stereocenters. The van der Waals surface area contributed by atoms with Crippen molar-refractivity contribution in [2.24, 2.45) is 0 Å². The molecule has 0 bridgehead atoms. The molecular formula is C13H16NO5PS. The van der Waals surface area contributed by atoms with Crippen LogP contribution in [0.2, 0.25) is 0 Å². The molecular weight excluding hydrogens is 313 g/mol. The van der Waals surface area contributed by atoms with E-state index in [0.717, 1.165) is 10.6 Å². The van der Waals surface area contributed by atoms with Crippen molar-refractivity contribution in [3.63, 3.8) is 0 Å². The van der Waals surface area contributed by atoms with Crippen molar-refractivity contribution in [3.8, 4) is 11.8 Å².